The molecule has 2 aromatic rings. The number of rotatable bonds is 6. The zero-order valence-corrected chi connectivity index (χ0v) is 11.4. The van der Waals surface area contributed by atoms with E-state index in [0.717, 1.165) is 12.1 Å². The highest BCUT2D eigenvalue weighted by molar-refractivity contribution is 7.89. The summed E-state index contributed by atoms with van der Waals surface area (Å²) >= 11 is 0. The van der Waals surface area contributed by atoms with Gasteiger partial charge in [-0.1, -0.05) is 0 Å². The summed E-state index contributed by atoms with van der Waals surface area (Å²) in [6.07, 6.45) is 2.86. The third kappa shape index (κ3) is 3.34. The first kappa shape index (κ1) is 14.9. The molecule has 0 amide bonds. The number of benzene rings is 1. The third-order valence-corrected chi connectivity index (χ3v) is 4.07. The van der Waals surface area contributed by atoms with Gasteiger partial charge in [0.25, 0.3) is 5.69 Å². The molecule has 112 valence electrons. The lowest BCUT2D eigenvalue weighted by Gasteiger charge is -2.10. The fourth-order valence-corrected chi connectivity index (χ4v) is 2.79. The lowest BCUT2D eigenvalue weighted by atomic mass is 10.3. The number of non-ortho nitro benzene ring substituents is 1. The number of hydrogen-bond acceptors (Lipinski definition) is 7. The van der Waals surface area contributed by atoms with Gasteiger partial charge in [-0.15, -0.1) is 0 Å². The number of aromatic amines is 1. The molecule has 2 rings (SSSR count). The second-order valence-corrected chi connectivity index (χ2v) is 5.72. The van der Waals surface area contributed by atoms with Crippen LogP contribution in [0.4, 0.5) is 11.4 Å². The van der Waals surface area contributed by atoms with Crippen LogP contribution in [-0.2, 0) is 16.6 Å². The highest BCUT2D eigenvalue weighted by atomic mass is 32.2. The first-order valence-corrected chi connectivity index (χ1v) is 7.14. The molecule has 0 bridgehead atoms. The lowest BCUT2D eigenvalue weighted by molar-refractivity contribution is -0.385. The number of nitro benzene ring substituents is 1. The number of nitrogens with zero attached hydrogens (tertiary/aromatic N) is 2. The Morgan fingerprint density at radius 3 is 2.76 bits per heavy atom. The summed E-state index contributed by atoms with van der Waals surface area (Å²) in [6, 6.07) is 3.32. The summed E-state index contributed by atoms with van der Waals surface area (Å²) in [5.74, 6) is 5.24. The van der Waals surface area contributed by atoms with Gasteiger partial charge in [0.15, 0.2) is 0 Å². The zero-order valence-electron chi connectivity index (χ0n) is 10.6. The summed E-state index contributed by atoms with van der Waals surface area (Å²) in [4.78, 5) is 16.2. The number of sulfonamides is 1. The van der Waals surface area contributed by atoms with Gasteiger partial charge in [0.05, 0.1) is 23.5 Å². The largest absolute Gasteiger partial charge is 0.347 e. The molecule has 0 radical (unpaired) electrons. The molecule has 0 aliphatic rings. The van der Waals surface area contributed by atoms with E-state index in [1.54, 1.807) is 0 Å². The number of aromatic nitrogens is 2. The van der Waals surface area contributed by atoms with E-state index in [0.29, 0.717) is 5.69 Å². The van der Waals surface area contributed by atoms with Crippen LogP contribution in [0, 0.1) is 10.1 Å². The molecule has 0 spiro atoms. The zero-order chi connectivity index (χ0) is 15.5. The van der Waals surface area contributed by atoms with Crippen LogP contribution in [0.25, 0.3) is 0 Å². The Morgan fingerprint density at radius 1 is 1.43 bits per heavy atom. The van der Waals surface area contributed by atoms with Crippen LogP contribution in [0.2, 0.25) is 0 Å². The van der Waals surface area contributed by atoms with E-state index in [-0.39, 0.29) is 22.8 Å². The number of nitrogen functional groups attached to an aromatic ring is 1. The molecule has 10 nitrogen and oxygen atoms in total. The van der Waals surface area contributed by atoms with Gasteiger partial charge in [-0.25, -0.2) is 18.1 Å². The molecule has 0 fully saturated rings. The van der Waals surface area contributed by atoms with Crippen molar-refractivity contribution in [1.29, 1.82) is 0 Å². The maximum absolute atomic E-state index is 12.2. The topological polar surface area (TPSA) is 156 Å². The number of nitrogens with two attached hydrogens (primary N) is 1. The Hall–Kier alpha value is -2.50. The average molecular weight is 312 g/mol. The van der Waals surface area contributed by atoms with Crippen LogP contribution in [0.5, 0.6) is 0 Å². The molecule has 1 aromatic heterocycles. The Bertz CT molecular complexity index is 743. The summed E-state index contributed by atoms with van der Waals surface area (Å²) in [5.41, 5.74) is 2.45. The minimum Gasteiger partial charge on any atom is -0.347 e. The van der Waals surface area contributed by atoms with Crippen LogP contribution in [-0.4, -0.2) is 23.3 Å². The molecule has 0 unspecified atom stereocenters. The summed E-state index contributed by atoms with van der Waals surface area (Å²) in [6.45, 7) is -0.0327. The van der Waals surface area contributed by atoms with Gasteiger partial charge >= 0.3 is 0 Å². The lowest BCUT2D eigenvalue weighted by Crippen LogP contribution is -2.25. The second kappa shape index (κ2) is 5.87. The van der Waals surface area contributed by atoms with E-state index >= 15 is 0 Å². The number of hydrogen-bond donors (Lipinski definition) is 4. The third-order valence-electron chi connectivity index (χ3n) is 2.63. The predicted octanol–water partition coefficient (Wildman–Crippen LogP) is 0.0820. The van der Waals surface area contributed by atoms with E-state index in [4.69, 9.17) is 5.84 Å². The smallest absolute Gasteiger partial charge is 0.270 e. The van der Waals surface area contributed by atoms with Crippen LogP contribution >= 0.6 is 0 Å². The molecule has 5 N–H and O–H groups in total. The van der Waals surface area contributed by atoms with Crippen molar-refractivity contribution >= 4 is 21.4 Å². The fourth-order valence-electron chi connectivity index (χ4n) is 1.60. The van der Waals surface area contributed by atoms with Crippen molar-refractivity contribution in [2.24, 2.45) is 5.84 Å². The van der Waals surface area contributed by atoms with E-state index in [1.165, 1.54) is 18.6 Å². The van der Waals surface area contributed by atoms with Crippen molar-refractivity contribution < 1.29 is 13.3 Å². The van der Waals surface area contributed by atoms with Gasteiger partial charge in [0.1, 0.15) is 4.90 Å². The second-order valence-electron chi connectivity index (χ2n) is 3.98. The van der Waals surface area contributed by atoms with Crippen LogP contribution in [0.1, 0.15) is 5.69 Å². The number of nitro groups is 1. The summed E-state index contributed by atoms with van der Waals surface area (Å²) in [5, 5.41) is 10.7. The molecule has 0 aliphatic heterocycles. The minimum atomic E-state index is -3.98. The van der Waals surface area contributed by atoms with E-state index in [1.807, 2.05) is 0 Å². The summed E-state index contributed by atoms with van der Waals surface area (Å²) < 4.78 is 26.7. The van der Waals surface area contributed by atoms with Crippen molar-refractivity contribution in [3.63, 3.8) is 0 Å². The van der Waals surface area contributed by atoms with Gasteiger partial charge < -0.3 is 10.4 Å². The Labute approximate surface area is 119 Å². The molecule has 0 saturated carbocycles. The highest BCUT2D eigenvalue weighted by Gasteiger charge is 2.22. The molecule has 0 saturated heterocycles. The Balaban J connectivity index is 2.33. The van der Waals surface area contributed by atoms with Crippen molar-refractivity contribution in [3.05, 3.63) is 46.5 Å². The van der Waals surface area contributed by atoms with Crippen molar-refractivity contribution in [2.75, 3.05) is 5.43 Å². The van der Waals surface area contributed by atoms with Crippen LogP contribution in [0.3, 0.4) is 0 Å². The molecule has 0 atom stereocenters. The molecule has 1 aromatic carbocycles. The Kier molecular flexibility index (Phi) is 4.16. The molecule has 0 aliphatic carbocycles. The summed E-state index contributed by atoms with van der Waals surface area (Å²) in [7, 11) is -3.98. The Morgan fingerprint density at radius 2 is 2.19 bits per heavy atom. The number of H-pyrrole nitrogens is 1. The SMILES string of the molecule is NNc1ccc([N+](=O)[O-])cc1S(=O)(=O)NCc1cnc[nH]1. The van der Waals surface area contributed by atoms with Crippen LogP contribution < -0.4 is 16.0 Å². The monoisotopic (exact) mass is 312 g/mol. The molecule has 21 heavy (non-hydrogen) atoms. The molecular weight excluding hydrogens is 300 g/mol. The first-order valence-electron chi connectivity index (χ1n) is 5.66. The maximum atomic E-state index is 12.2. The molecule has 11 heteroatoms. The van der Waals surface area contributed by atoms with Gasteiger partial charge in [0, 0.05) is 24.0 Å². The quantitative estimate of drug-likeness (QED) is 0.334. The van der Waals surface area contributed by atoms with Gasteiger partial charge in [0.2, 0.25) is 10.0 Å². The molecular formula is C10H12N6O4S. The van der Waals surface area contributed by atoms with Crippen molar-refractivity contribution in [3.8, 4) is 0 Å². The van der Waals surface area contributed by atoms with Crippen molar-refractivity contribution in [1.82, 2.24) is 14.7 Å². The fraction of sp³-hybridized carbons (Fsp3) is 0.100. The number of anilines is 1. The van der Waals surface area contributed by atoms with E-state index in [2.05, 4.69) is 20.1 Å². The number of imidazole rings is 1. The first-order chi connectivity index (χ1) is 9.94. The van der Waals surface area contributed by atoms with E-state index < -0.39 is 14.9 Å². The highest BCUT2D eigenvalue weighted by Crippen LogP contribution is 2.25. The van der Waals surface area contributed by atoms with Crippen molar-refractivity contribution in [2.45, 2.75) is 11.4 Å². The standard InChI is InChI=1S/C10H12N6O4S/c11-15-9-2-1-8(16(17)18)3-10(9)21(19,20)14-5-7-4-12-6-13-7/h1-4,6,14-15H,5,11H2,(H,12,13). The minimum absolute atomic E-state index is 0.0327. The van der Waals surface area contributed by atoms with Gasteiger partial charge in [-0.3, -0.25) is 16.0 Å². The molecule has 1 heterocycles. The van der Waals surface area contributed by atoms with Gasteiger partial charge in [-0.05, 0) is 6.07 Å². The maximum Gasteiger partial charge on any atom is 0.270 e. The van der Waals surface area contributed by atoms with E-state index in [9.17, 15) is 18.5 Å². The normalized spacial score (nSPS) is 11.3. The number of nitrogens with one attached hydrogen (secondary N) is 3. The average Bonchev–Trinajstić information content (AvgIpc) is 2.98. The van der Waals surface area contributed by atoms with Crippen LogP contribution in [0.15, 0.2) is 35.6 Å². The number of hydrazine groups is 1. The predicted molar refractivity (Wildman–Crippen MR) is 73.5 cm³/mol. The van der Waals surface area contributed by atoms with Gasteiger partial charge in [-0.2, -0.15) is 0 Å².